The second-order valence-corrected chi connectivity index (χ2v) is 10.1. The van der Waals surface area contributed by atoms with Crippen molar-refractivity contribution in [1.82, 2.24) is 15.1 Å². The fourth-order valence-corrected chi connectivity index (χ4v) is 5.22. The van der Waals surface area contributed by atoms with Gasteiger partial charge in [-0.05, 0) is 79.7 Å². The second kappa shape index (κ2) is 11.9. The number of benzene rings is 2. The van der Waals surface area contributed by atoms with Crippen LogP contribution >= 0.6 is 0 Å². The van der Waals surface area contributed by atoms with E-state index in [0.29, 0.717) is 31.7 Å². The molecule has 1 fully saturated rings. The maximum atomic E-state index is 14.2. The van der Waals surface area contributed by atoms with E-state index in [9.17, 15) is 14.0 Å². The number of rotatable bonds is 9. The van der Waals surface area contributed by atoms with Crippen LogP contribution in [-0.4, -0.2) is 60.4 Å². The van der Waals surface area contributed by atoms with Crippen molar-refractivity contribution in [2.45, 2.75) is 58.6 Å². The third-order valence-corrected chi connectivity index (χ3v) is 7.15. The van der Waals surface area contributed by atoms with Gasteiger partial charge < -0.3 is 19.9 Å². The van der Waals surface area contributed by atoms with Gasteiger partial charge in [0.1, 0.15) is 11.6 Å². The van der Waals surface area contributed by atoms with E-state index in [1.807, 2.05) is 49.9 Å². The Labute approximate surface area is 213 Å². The highest BCUT2D eigenvalue weighted by Gasteiger charge is 2.34. The van der Waals surface area contributed by atoms with Gasteiger partial charge in [-0.15, -0.1) is 0 Å². The highest BCUT2D eigenvalue weighted by Crippen LogP contribution is 2.38. The zero-order valence-electron chi connectivity index (χ0n) is 21.6. The van der Waals surface area contributed by atoms with Crippen LogP contribution in [0.2, 0.25) is 0 Å². The number of hydrogen-bond donors (Lipinski definition) is 1. The molecule has 0 aliphatic carbocycles. The van der Waals surface area contributed by atoms with Gasteiger partial charge in [-0.3, -0.25) is 9.59 Å². The average molecular weight is 496 g/mol. The number of hydrogen-bond acceptors (Lipinski definition) is 4. The summed E-state index contributed by atoms with van der Waals surface area (Å²) in [4.78, 5) is 30.2. The van der Waals surface area contributed by atoms with Crippen molar-refractivity contribution < 1.29 is 18.7 Å². The number of amides is 2. The van der Waals surface area contributed by atoms with Gasteiger partial charge in [-0.1, -0.05) is 39.0 Å². The standard InChI is InChI=1S/C29H38FN3O3/c1-4-26(28(34)31-13-17-32-14-5-6-15-32)36-24-11-10-21-12-16-33(29(35)20(2)3)27(25(21)19-24)22-8-7-9-23(30)18-22/h7-11,18-20,26-27H,4-6,12-17H2,1-3H3,(H,31,34)/t26-,27+/m0/s1. The summed E-state index contributed by atoms with van der Waals surface area (Å²) in [6.45, 7) is 9.93. The molecule has 2 atom stereocenters. The molecule has 1 saturated heterocycles. The molecule has 7 heteroatoms. The van der Waals surface area contributed by atoms with Gasteiger partial charge in [0.2, 0.25) is 5.91 Å². The highest BCUT2D eigenvalue weighted by atomic mass is 19.1. The third kappa shape index (κ3) is 6.06. The van der Waals surface area contributed by atoms with E-state index < -0.39 is 12.1 Å². The first-order chi connectivity index (χ1) is 17.4. The molecule has 4 rings (SSSR count). The van der Waals surface area contributed by atoms with Gasteiger partial charge in [-0.25, -0.2) is 4.39 Å². The number of likely N-dealkylation sites (tertiary alicyclic amines) is 1. The Morgan fingerprint density at radius 1 is 1.11 bits per heavy atom. The maximum Gasteiger partial charge on any atom is 0.261 e. The van der Waals surface area contributed by atoms with Crippen LogP contribution in [0.3, 0.4) is 0 Å². The summed E-state index contributed by atoms with van der Waals surface area (Å²) in [6, 6.07) is 11.9. The number of halogens is 1. The molecule has 2 aliphatic rings. The second-order valence-electron chi connectivity index (χ2n) is 10.1. The summed E-state index contributed by atoms with van der Waals surface area (Å²) in [6.07, 6.45) is 3.10. The van der Waals surface area contributed by atoms with Crippen molar-refractivity contribution >= 4 is 11.8 Å². The monoisotopic (exact) mass is 495 g/mol. The van der Waals surface area contributed by atoms with Crippen LogP contribution in [0, 0.1) is 11.7 Å². The lowest BCUT2D eigenvalue weighted by Gasteiger charge is -2.39. The van der Waals surface area contributed by atoms with E-state index in [2.05, 4.69) is 10.2 Å². The fraction of sp³-hybridized carbons (Fsp3) is 0.517. The molecule has 36 heavy (non-hydrogen) atoms. The smallest absolute Gasteiger partial charge is 0.261 e. The minimum atomic E-state index is -0.605. The van der Waals surface area contributed by atoms with Gasteiger partial charge >= 0.3 is 0 Å². The molecule has 0 radical (unpaired) electrons. The summed E-state index contributed by atoms with van der Waals surface area (Å²) < 4.78 is 20.4. The maximum absolute atomic E-state index is 14.2. The normalized spacial score (nSPS) is 18.7. The number of fused-ring (bicyclic) bond motifs is 1. The Bertz CT molecular complexity index is 1070. The van der Waals surface area contributed by atoms with Crippen molar-refractivity contribution in [2.24, 2.45) is 5.92 Å². The predicted molar refractivity (Wildman–Crippen MR) is 138 cm³/mol. The molecule has 1 N–H and O–H groups in total. The first-order valence-electron chi connectivity index (χ1n) is 13.2. The molecule has 2 heterocycles. The lowest BCUT2D eigenvalue weighted by atomic mass is 9.87. The summed E-state index contributed by atoms with van der Waals surface area (Å²) in [5, 5.41) is 3.02. The summed E-state index contributed by atoms with van der Waals surface area (Å²) in [7, 11) is 0. The van der Waals surface area contributed by atoms with Crippen molar-refractivity contribution in [3.05, 3.63) is 65.0 Å². The summed E-state index contributed by atoms with van der Waals surface area (Å²) in [5.41, 5.74) is 2.75. The molecule has 2 aromatic rings. The third-order valence-electron chi connectivity index (χ3n) is 7.15. The molecule has 0 saturated carbocycles. The number of ether oxygens (including phenoxy) is 1. The van der Waals surface area contributed by atoms with Gasteiger partial charge in [0.05, 0.1) is 6.04 Å². The number of nitrogens with zero attached hydrogens (tertiary/aromatic N) is 2. The number of nitrogens with one attached hydrogen (secondary N) is 1. The minimum absolute atomic E-state index is 0.0325. The van der Waals surface area contributed by atoms with Crippen LogP contribution in [0.5, 0.6) is 5.75 Å². The molecule has 2 aromatic carbocycles. The Morgan fingerprint density at radius 2 is 1.89 bits per heavy atom. The Balaban J connectivity index is 1.54. The van der Waals surface area contributed by atoms with Gasteiger partial charge in [-0.2, -0.15) is 0 Å². The van der Waals surface area contributed by atoms with Crippen molar-refractivity contribution in [3.8, 4) is 5.75 Å². The van der Waals surface area contributed by atoms with E-state index in [0.717, 1.165) is 36.3 Å². The van der Waals surface area contributed by atoms with Crippen molar-refractivity contribution in [1.29, 1.82) is 0 Å². The molecular weight excluding hydrogens is 457 g/mol. The van der Waals surface area contributed by atoms with Gasteiger partial charge in [0.25, 0.3) is 5.91 Å². The van der Waals surface area contributed by atoms with Gasteiger partial charge in [0, 0.05) is 25.6 Å². The fourth-order valence-electron chi connectivity index (χ4n) is 5.22. The van der Waals surface area contributed by atoms with Crippen LogP contribution in [0.15, 0.2) is 42.5 Å². The topological polar surface area (TPSA) is 61.9 Å². The van der Waals surface area contributed by atoms with E-state index in [1.165, 1.54) is 25.0 Å². The zero-order chi connectivity index (χ0) is 25.7. The van der Waals surface area contributed by atoms with Crippen molar-refractivity contribution in [3.63, 3.8) is 0 Å². The highest BCUT2D eigenvalue weighted by molar-refractivity contribution is 5.81. The molecule has 194 valence electrons. The molecular formula is C29H38FN3O3. The van der Waals surface area contributed by atoms with E-state index in [1.54, 1.807) is 6.07 Å². The van der Waals surface area contributed by atoms with Crippen LogP contribution in [0.4, 0.5) is 4.39 Å². The lowest BCUT2D eigenvalue weighted by molar-refractivity contribution is -0.136. The van der Waals surface area contributed by atoms with Crippen LogP contribution in [0.25, 0.3) is 0 Å². The Kier molecular flexibility index (Phi) is 8.62. The van der Waals surface area contributed by atoms with Crippen LogP contribution in [-0.2, 0) is 16.0 Å². The van der Waals surface area contributed by atoms with Gasteiger partial charge in [0.15, 0.2) is 6.10 Å². The summed E-state index contributed by atoms with van der Waals surface area (Å²) in [5.74, 6) is -0.00955. The molecule has 0 spiro atoms. The molecule has 2 aliphatic heterocycles. The molecule has 6 nitrogen and oxygen atoms in total. The van der Waals surface area contributed by atoms with E-state index in [-0.39, 0.29) is 23.5 Å². The minimum Gasteiger partial charge on any atom is -0.481 e. The average Bonchev–Trinajstić information content (AvgIpc) is 3.39. The molecule has 0 unspecified atom stereocenters. The number of carbonyl (C=O) groups is 2. The Hall–Kier alpha value is -2.93. The zero-order valence-corrected chi connectivity index (χ0v) is 21.6. The first kappa shape index (κ1) is 26.1. The quantitative estimate of drug-likeness (QED) is 0.563. The molecule has 0 aromatic heterocycles. The van der Waals surface area contributed by atoms with Crippen LogP contribution < -0.4 is 10.1 Å². The largest absolute Gasteiger partial charge is 0.481 e. The predicted octanol–water partition coefficient (Wildman–Crippen LogP) is 4.33. The van der Waals surface area contributed by atoms with Crippen molar-refractivity contribution in [2.75, 3.05) is 32.7 Å². The molecule has 2 amide bonds. The van der Waals surface area contributed by atoms with Crippen LogP contribution in [0.1, 0.15) is 62.8 Å². The Morgan fingerprint density at radius 3 is 2.58 bits per heavy atom. The van der Waals surface area contributed by atoms with E-state index >= 15 is 0 Å². The van der Waals surface area contributed by atoms with E-state index in [4.69, 9.17) is 4.74 Å². The SMILES string of the molecule is CC[C@H](Oc1ccc2c(c1)[C@@H](c1cccc(F)c1)N(C(=O)C(C)C)CC2)C(=O)NCCN1CCCC1. The lowest BCUT2D eigenvalue weighted by Crippen LogP contribution is -2.43. The summed E-state index contributed by atoms with van der Waals surface area (Å²) >= 11 is 0. The first-order valence-corrected chi connectivity index (χ1v) is 13.2. The number of carbonyl (C=O) groups excluding carboxylic acids is 2. The molecule has 0 bridgehead atoms.